The van der Waals surface area contributed by atoms with E-state index >= 15 is 0 Å². The summed E-state index contributed by atoms with van der Waals surface area (Å²) >= 11 is 0. The van der Waals surface area contributed by atoms with Gasteiger partial charge in [0.25, 0.3) is 0 Å². The molecule has 1 aromatic carbocycles. The summed E-state index contributed by atoms with van der Waals surface area (Å²) in [7, 11) is 1.82. The first-order valence-corrected chi connectivity index (χ1v) is 5.79. The van der Waals surface area contributed by atoms with Crippen molar-refractivity contribution >= 4 is 0 Å². The minimum absolute atomic E-state index is 0.0712. The van der Waals surface area contributed by atoms with Crippen LogP contribution < -0.4 is 5.32 Å². The number of hydrogen-bond acceptors (Lipinski definition) is 2. The summed E-state index contributed by atoms with van der Waals surface area (Å²) in [6, 6.07) is 6.74. The van der Waals surface area contributed by atoms with Gasteiger partial charge in [0.15, 0.2) is 0 Å². The van der Waals surface area contributed by atoms with Crippen LogP contribution in [0, 0.1) is 5.82 Å². The van der Waals surface area contributed by atoms with Crippen LogP contribution in [0.1, 0.15) is 31.4 Å². The molecular weight excluding hydrogens is 205 g/mol. The SMILES string of the molecule is CCCCOCC(NC)c1ccccc1F. The van der Waals surface area contributed by atoms with E-state index in [4.69, 9.17) is 4.74 Å². The molecule has 0 bridgehead atoms. The van der Waals surface area contributed by atoms with Crippen LogP contribution >= 0.6 is 0 Å². The van der Waals surface area contributed by atoms with Crippen molar-refractivity contribution in [3.8, 4) is 0 Å². The fourth-order valence-corrected chi connectivity index (χ4v) is 1.53. The number of nitrogens with one attached hydrogen (secondary N) is 1. The lowest BCUT2D eigenvalue weighted by Crippen LogP contribution is -2.23. The molecule has 1 unspecified atom stereocenters. The molecule has 0 aromatic heterocycles. The molecular formula is C13H20FNO. The van der Waals surface area contributed by atoms with Gasteiger partial charge in [-0.3, -0.25) is 0 Å². The summed E-state index contributed by atoms with van der Waals surface area (Å²) in [5.41, 5.74) is 0.668. The first-order chi connectivity index (χ1) is 7.79. The quantitative estimate of drug-likeness (QED) is 0.720. The van der Waals surface area contributed by atoms with E-state index in [1.807, 2.05) is 13.1 Å². The number of benzene rings is 1. The number of ether oxygens (including phenoxy) is 1. The Kier molecular flexibility index (Phi) is 6.04. The minimum atomic E-state index is -0.180. The lowest BCUT2D eigenvalue weighted by molar-refractivity contribution is 0.110. The van der Waals surface area contributed by atoms with Crippen LogP contribution in [0.4, 0.5) is 4.39 Å². The molecule has 0 heterocycles. The molecule has 3 heteroatoms. The highest BCUT2D eigenvalue weighted by Gasteiger charge is 2.12. The highest BCUT2D eigenvalue weighted by atomic mass is 19.1. The summed E-state index contributed by atoms with van der Waals surface area (Å²) in [5.74, 6) is -0.180. The van der Waals surface area contributed by atoms with Gasteiger partial charge in [-0.25, -0.2) is 4.39 Å². The van der Waals surface area contributed by atoms with Crippen LogP contribution in [0.3, 0.4) is 0 Å². The molecule has 1 N–H and O–H groups in total. The average molecular weight is 225 g/mol. The number of likely N-dealkylation sites (N-methyl/N-ethyl adjacent to an activating group) is 1. The smallest absolute Gasteiger partial charge is 0.128 e. The Labute approximate surface area is 96.8 Å². The summed E-state index contributed by atoms with van der Waals surface area (Å²) in [6.07, 6.45) is 2.16. The third-order valence-electron chi connectivity index (χ3n) is 2.56. The maximum absolute atomic E-state index is 13.5. The van der Waals surface area contributed by atoms with Crippen LogP contribution in [0.5, 0.6) is 0 Å². The summed E-state index contributed by atoms with van der Waals surface area (Å²) in [6.45, 7) is 3.37. The molecule has 0 saturated carbocycles. The standard InChI is InChI=1S/C13H20FNO/c1-3-4-9-16-10-13(15-2)11-7-5-6-8-12(11)14/h5-8,13,15H,3-4,9-10H2,1-2H3. The molecule has 0 saturated heterocycles. The van der Waals surface area contributed by atoms with E-state index in [2.05, 4.69) is 12.2 Å². The number of rotatable bonds is 7. The monoisotopic (exact) mass is 225 g/mol. The predicted molar refractivity (Wildman–Crippen MR) is 63.9 cm³/mol. The Bertz CT molecular complexity index is 304. The zero-order chi connectivity index (χ0) is 11.8. The maximum atomic E-state index is 13.5. The lowest BCUT2D eigenvalue weighted by atomic mass is 10.1. The molecule has 2 nitrogen and oxygen atoms in total. The van der Waals surface area contributed by atoms with Gasteiger partial charge in [-0.2, -0.15) is 0 Å². The molecule has 90 valence electrons. The fraction of sp³-hybridized carbons (Fsp3) is 0.538. The van der Waals surface area contributed by atoms with Crippen LogP contribution in [-0.2, 0) is 4.74 Å². The first-order valence-electron chi connectivity index (χ1n) is 5.79. The lowest BCUT2D eigenvalue weighted by Gasteiger charge is -2.17. The molecule has 0 aliphatic carbocycles. The van der Waals surface area contributed by atoms with Crippen molar-refractivity contribution in [3.05, 3.63) is 35.6 Å². The summed E-state index contributed by atoms with van der Waals surface area (Å²) in [5, 5.41) is 3.07. The van der Waals surface area contributed by atoms with Crippen LogP contribution in [0.25, 0.3) is 0 Å². The van der Waals surface area contributed by atoms with E-state index in [1.54, 1.807) is 12.1 Å². The Hall–Kier alpha value is -0.930. The maximum Gasteiger partial charge on any atom is 0.128 e. The van der Waals surface area contributed by atoms with Crippen LogP contribution in [0.2, 0.25) is 0 Å². The highest BCUT2D eigenvalue weighted by Crippen LogP contribution is 2.16. The molecule has 0 amide bonds. The largest absolute Gasteiger partial charge is 0.379 e. The highest BCUT2D eigenvalue weighted by molar-refractivity contribution is 5.21. The van der Waals surface area contributed by atoms with Gasteiger partial charge in [0, 0.05) is 12.2 Å². The molecule has 0 aliphatic rings. The molecule has 0 aliphatic heterocycles. The fourth-order valence-electron chi connectivity index (χ4n) is 1.53. The Morgan fingerprint density at radius 1 is 1.38 bits per heavy atom. The van der Waals surface area contributed by atoms with Gasteiger partial charge in [-0.15, -0.1) is 0 Å². The van der Waals surface area contributed by atoms with E-state index < -0.39 is 0 Å². The van der Waals surface area contributed by atoms with Crippen molar-refractivity contribution in [1.82, 2.24) is 5.32 Å². The van der Waals surface area contributed by atoms with Gasteiger partial charge in [-0.05, 0) is 19.5 Å². The normalized spacial score (nSPS) is 12.7. The third-order valence-corrected chi connectivity index (χ3v) is 2.56. The van der Waals surface area contributed by atoms with Crippen LogP contribution in [0.15, 0.2) is 24.3 Å². The van der Waals surface area contributed by atoms with Gasteiger partial charge in [0.05, 0.1) is 12.6 Å². The first kappa shape index (κ1) is 13.1. The van der Waals surface area contributed by atoms with Crippen molar-refractivity contribution < 1.29 is 9.13 Å². The zero-order valence-electron chi connectivity index (χ0n) is 10.0. The number of halogens is 1. The molecule has 1 aromatic rings. The Balaban J connectivity index is 2.51. The topological polar surface area (TPSA) is 21.3 Å². The van der Waals surface area contributed by atoms with Crippen molar-refractivity contribution in [2.24, 2.45) is 0 Å². The number of hydrogen-bond donors (Lipinski definition) is 1. The number of unbranched alkanes of at least 4 members (excludes halogenated alkanes) is 1. The van der Waals surface area contributed by atoms with Crippen molar-refractivity contribution in [3.63, 3.8) is 0 Å². The van der Waals surface area contributed by atoms with Crippen molar-refractivity contribution in [2.75, 3.05) is 20.3 Å². The average Bonchev–Trinajstić information content (AvgIpc) is 2.31. The van der Waals surface area contributed by atoms with Gasteiger partial charge in [-0.1, -0.05) is 31.5 Å². The van der Waals surface area contributed by atoms with Gasteiger partial charge >= 0.3 is 0 Å². The van der Waals surface area contributed by atoms with E-state index in [-0.39, 0.29) is 11.9 Å². The molecule has 16 heavy (non-hydrogen) atoms. The second kappa shape index (κ2) is 7.36. The second-order valence-corrected chi connectivity index (χ2v) is 3.79. The second-order valence-electron chi connectivity index (χ2n) is 3.79. The molecule has 0 fully saturated rings. The Morgan fingerprint density at radius 2 is 2.12 bits per heavy atom. The van der Waals surface area contributed by atoms with Gasteiger partial charge in [0.1, 0.15) is 5.82 Å². The molecule has 0 radical (unpaired) electrons. The van der Waals surface area contributed by atoms with Crippen molar-refractivity contribution in [1.29, 1.82) is 0 Å². The van der Waals surface area contributed by atoms with E-state index in [1.165, 1.54) is 6.07 Å². The molecule has 0 spiro atoms. The summed E-state index contributed by atoms with van der Waals surface area (Å²) < 4.78 is 19.0. The third kappa shape index (κ3) is 3.91. The molecule has 1 atom stereocenters. The van der Waals surface area contributed by atoms with E-state index in [0.29, 0.717) is 12.2 Å². The van der Waals surface area contributed by atoms with E-state index in [9.17, 15) is 4.39 Å². The van der Waals surface area contributed by atoms with Crippen molar-refractivity contribution in [2.45, 2.75) is 25.8 Å². The molecule has 1 rings (SSSR count). The van der Waals surface area contributed by atoms with Gasteiger partial charge < -0.3 is 10.1 Å². The van der Waals surface area contributed by atoms with Gasteiger partial charge in [0.2, 0.25) is 0 Å². The van der Waals surface area contributed by atoms with E-state index in [0.717, 1.165) is 19.4 Å². The predicted octanol–water partition coefficient (Wildman–Crippen LogP) is 2.90. The Morgan fingerprint density at radius 3 is 2.75 bits per heavy atom. The summed E-state index contributed by atoms with van der Waals surface area (Å²) in [4.78, 5) is 0. The van der Waals surface area contributed by atoms with Crippen LogP contribution in [-0.4, -0.2) is 20.3 Å². The minimum Gasteiger partial charge on any atom is -0.379 e. The zero-order valence-corrected chi connectivity index (χ0v) is 10.0.